The van der Waals surface area contributed by atoms with Crippen molar-refractivity contribution in [2.45, 2.75) is 86.4 Å². The minimum atomic E-state index is -7.34. The summed E-state index contributed by atoms with van der Waals surface area (Å²) in [6.45, 7) is 2.21. The number of alkyl halides is 22. The van der Waals surface area contributed by atoms with Crippen molar-refractivity contribution in [3.63, 3.8) is 0 Å². The summed E-state index contributed by atoms with van der Waals surface area (Å²) in [6.07, 6.45) is -23.4. The van der Waals surface area contributed by atoms with Gasteiger partial charge in [0, 0.05) is 6.08 Å². The molecular formula is C18H12F22I2. The van der Waals surface area contributed by atoms with Crippen LogP contribution in [0.5, 0.6) is 0 Å². The zero-order valence-corrected chi connectivity index (χ0v) is 24.0. The average Bonchev–Trinajstić information content (AvgIpc) is 2.75. The van der Waals surface area contributed by atoms with Crippen LogP contribution in [0.3, 0.4) is 0 Å². The topological polar surface area (TPSA) is 0 Å². The predicted molar refractivity (Wildman–Crippen MR) is 116 cm³/mol. The molecule has 0 rings (SSSR count). The lowest BCUT2D eigenvalue weighted by molar-refractivity contribution is -0.416. The maximum Gasteiger partial charge on any atom is 0.460 e. The van der Waals surface area contributed by atoms with Gasteiger partial charge in [0.25, 0.3) is 5.67 Å². The van der Waals surface area contributed by atoms with Crippen molar-refractivity contribution in [1.29, 1.82) is 0 Å². The van der Waals surface area contributed by atoms with Gasteiger partial charge >= 0.3 is 54.1 Å². The standard InChI is InChI=1S/2C9H6F11I/c1-2-4(21)3-5(10,11)6(12,13)7(14,15)8(16,17)9(18,19)20;1-2-4(21)3-5(10,8(15,16)17)6(11,12)7(13,14)9(18,19)20/h2*3H,2H2,1H3. The van der Waals surface area contributed by atoms with E-state index in [0.29, 0.717) is 0 Å². The zero-order chi connectivity index (χ0) is 35.0. The van der Waals surface area contributed by atoms with Crippen molar-refractivity contribution in [3.05, 3.63) is 19.3 Å². The van der Waals surface area contributed by atoms with Crippen LogP contribution in [0.15, 0.2) is 19.3 Å². The molecule has 24 heteroatoms. The van der Waals surface area contributed by atoms with Gasteiger partial charge in [0.05, 0.1) is 0 Å². The Balaban J connectivity index is 0. The highest BCUT2D eigenvalue weighted by molar-refractivity contribution is 14.1. The fourth-order valence-electron chi connectivity index (χ4n) is 2.05. The highest BCUT2D eigenvalue weighted by Gasteiger charge is 2.87. The second-order valence-corrected chi connectivity index (χ2v) is 10.4. The zero-order valence-electron chi connectivity index (χ0n) is 19.6. The third-order valence-electron chi connectivity index (χ3n) is 4.55. The molecule has 0 aromatic rings. The molecule has 0 heterocycles. The molecule has 1 unspecified atom stereocenters. The van der Waals surface area contributed by atoms with E-state index < -0.39 is 85.5 Å². The summed E-state index contributed by atoms with van der Waals surface area (Å²) < 4.78 is 274. The van der Waals surface area contributed by atoms with Gasteiger partial charge in [0.1, 0.15) is 0 Å². The number of allylic oxidation sites excluding steroid dienone is 4. The molecule has 0 radical (unpaired) electrons. The van der Waals surface area contributed by atoms with E-state index in [1.54, 1.807) is 0 Å². The van der Waals surface area contributed by atoms with Gasteiger partial charge in [-0.15, -0.1) is 0 Å². The summed E-state index contributed by atoms with van der Waals surface area (Å²) in [7, 11) is 0. The smallest absolute Gasteiger partial charge is 0.222 e. The monoisotopic (exact) mass is 900 g/mol. The van der Waals surface area contributed by atoms with Crippen molar-refractivity contribution < 1.29 is 96.6 Å². The first-order valence-electron chi connectivity index (χ1n) is 9.81. The van der Waals surface area contributed by atoms with E-state index in [9.17, 15) is 96.6 Å². The van der Waals surface area contributed by atoms with Crippen LogP contribution in [0.25, 0.3) is 0 Å². The lowest BCUT2D eigenvalue weighted by Crippen LogP contribution is -2.66. The normalized spacial score (nSPS) is 17.5. The summed E-state index contributed by atoms with van der Waals surface area (Å²) in [6, 6.07) is 0. The van der Waals surface area contributed by atoms with Gasteiger partial charge in [-0.2, -0.15) is 92.2 Å². The van der Waals surface area contributed by atoms with Crippen molar-refractivity contribution in [1.82, 2.24) is 0 Å². The van der Waals surface area contributed by atoms with Crippen LogP contribution in [0, 0.1) is 0 Å². The van der Waals surface area contributed by atoms with Crippen LogP contribution >= 0.6 is 45.2 Å². The van der Waals surface area contributed by atoms with Crippen molar-refractivity contribution in [3.8, 4) is 0 Å². The van der Waals surface area contributed by atoms with Crippen LogP contribution in [0.2, 0.25) is 0 Å². The Morgan fingerprint density at radius 1 is 0.405 bits per heavy atom. The molecule has 0 aromatic carbocycles. The minimum absolute atomic E-state index is 0.340. The summed E-state index contributed by atoms with van der Waals surface area (Å²) in [5.41, 5.74) is -6.18. The van der Waals surface area contributed by atoms with Crippen molar-refractivity contribution in [2.75, 3.05) is 0 Å². The second-order valence-electron chi connectivity index (χ2n) is 7.59. The Morgan fingerprint density at radius 2 is 0.690 bits per heavy atom. The maximum absolute atomic E-state index is 13.6. The Morgan fingerprint density at radius 3 is 0.952 bits per heavy atom. The van der Waals surface area contributed by atoms with E-state index in [4.69, 9.17) is 0 Å². The largest absolute Gasteiger partial charge is 0.460 e. The van der Waals surface area contributed by atoms with E-state index in [1.807, 2.05) is 0 Å². The molecule has 0 amide bonds. The first-order valence-corrected chi connectivity index (χ1v) is 12.0. The molecule has 0 fully saturated rings. The van der Waals surface area contributed by atoms with Gasteiger partial charge < -0.3 is 0 Å². The molecule has 0 aromatic heterocycles. The van der Waals surface area contributed by atoms with Gasteiger partial charge in [0.15, 0.2) is 0 Å². The summed E-state index contributed by atoms with van der Waals surface area (Å²) in [5.74, 6) is -41.8. The van der Waals surface area contributed by atoms with Gasteiger partial charge in [0.2, 0.25) is 0 Å². The number of hydrogen-bond acceptors (Lipinski definition) is 0. The third kappa shape index (κ3) is 7.97. The minimum Gasteiger partial charge on any atom is -0.222 e. The number of hydrogen-bond donors (Lipinski definition) is 0. The van der Waals surface area contributed by atoms with Crippen LogP contribution in [-0.2, 0) is 0 Å². The lowest BCUT2D eigenvalue weighted by atomic mass is 9.90. The highest BCUT2D eigenvalue weighted by Crippen LogP contribution is 2.59. The molecule has 0 aliphatic carbocycles. The maximum atomic E-state index is 13.6. The van der Waals surface area contributed by atoms with Crippen LogP contribution in [-0.4, -0.2) is 59.7 Å². The molecule has 1 atom stereocenters. The highest BCUT2D eigenvalue weighted by atomic mass is 127. The van der Waals surface area contributed by atoms with Crippen LogP contribution < -0.4 is 0 Å². The number of rotatable bonds is 9. The molecule has 0 bridgehead atoms. The Hall–Kier alpha value is -0.600. The van der Waals surface area contributed by atoms with E-state index in [-0.39, 0.29) is 6.42 Å². The van der Waals surface area contributed by atoms with E-state index in [0.717, 1.165) is 59.0 Å². The van der Waals surface area contributed by atoms with Gasteiger partial charge in [-0.25, -0.2) is 4.39 Å². The Labute approximate surface area is 247 Å². The molecule has 0 aliphatic heterocycles. The molecule has 0 spiro atoms. The third-order valence-corrected chi connectivity index (χ3v) is 6.70. The molecule has 0 N–H and O–H groups in total. The van der Waals surface area contributed by atoms with Gasteiger partial charge in [-0.05, 0) is 71.3 Å². The molecule has 0 nitrogen and oxygen atoms in total. The quantitative estimate of drug-likeness (QED) is 0.160. The van der Waals surface area contributed by atoms with E-state index in [2.05, 4.69) is 0 Å². The molecular weight excluding hydrogens is 888 g/mol. The van der Waals surface area contributed by atoms with Crippen LogP contribution in [0.4, 0.5) is 96.6 Å². The Kier molecular flexibility index (Phi) is 13.5. The molecule has 0 aliphatic rings. The average molecular weight is 900 g/mol. The first-order chi connectivity index (χ1) is 17.9. The summed E-state index contributed by atoms with van der Waals surface area (Å²) >= 11 is 1.95. The molecule has 42 heavy (non-hydrogen) atoms. The lowest BCUT2D eigenvalue weighted by Gasteiger charge is -2.37. The Bertz CT molecular complexity index is 967. The summed E-state index contributed by atoms with van der Waals surface area (Å²) in [5, 5.41) is 0. The van der Waals surface area contributed by atoms with E-state index >= 15 is 0 Å². The molecule has 0 saturated carbocycles. The fourth-order valence-corrected chi connectivity index (χ4v) is 2.87. The molecule has 0 saturated heterocycles. The second kappa shape index (κ2) is 13.0. The summed E-state index contributed by atoms with van der Waals surface area (Å²) in [4.78, 5) is 0. The van der Waals surface area contributed by atoms with Gasteiger partial charge in [-0.3, -0.25) is 0 Å². The van der Waals surface area contributed by atoms with Crippen molar-refractivity contribution >= 4 is 45.2 Å². The fraction of sp³-hybridized carbons (Fsp3) is 0.778. The van der Waals surface area contributed by atoms with Crippen molar-refractivity contribution in [2.24, 2.45) is 0 Å². The predicted octanol–water partition coefficient (Wildman–Crippen LogP) is 11.6. The number of halogens is 24. The van der Waals surface area contributed by atoms with Gasteiger partial charge in [-0.1, -0.05) is 13.8 Å². The van der Waals surface area contributed by atoms with Crippen LogP contribution in [0.1, 0.15) is 26.7 Å². The molecule has 252 valence electrons. The first kappa shape index (κ1) is 43.5. The SMILES string of the molecule is CCC(I)=CC(F)(C(F)(F)F)C(F)(F)C(F)(F)C(F)(F)F.CCC(I)=CC(F)(F)C(F)(F)C(F)(F)C(F)(F)C(F)(F)F. The van der Waals surface area contributed by atoms with E-state index in [1.165, 1.54) is 0 Å².